The van der Waals surface area contributed by atoms with Gasteiger partial charge < -0.3 is 10.1 Å². The van der Waals surface area contributed by atoms with Crippen molar-refractivity contribution in [2.24, 2.45) is 0 Å². The average molecular weight is 316 g/mol. The molecule has 114 valence electrons. The lowest BCUT2D eigenvalue weighted by atomic mass is 10.1. The van der Waals surface area contributed by atoms with Crippen LogP contribution in [0.4, 0.5) is 5.69 Å². The number of anilines is 1. The maximum Gasteiger partial charge on any atom is 0.248 e. The summed E-state index contributed by atoms with van der Waals surface area (Å²) in [6, 6.07) is 11.3. The summed E-state index contributed by atoms with van der Waals surface area (Å²) in [5.41, 5.74) is 3.57. The van der Waals surface area contributed by atoms with Crippen LogP contribution in [-0.4, -0.2) is 13.0 Å². The monoisotopic (exact) mass is 315 g/mol. The van der Waals surface area contributed by atoms with Gasteiger partial charge in [-0.05, 0) is 54.8 Å². The van der Waals surface area contributed by atoms with E-state index in [4.69, 9.17) is 16.3 Å². The maximum absolute atomic E-state index is 12.0. The normalized spacial score (nSPS) is 10.7. The molecule has 3 nitrogen and oxygen atoms in total. The highest BCUT2D eigenvalue weighted by Gasteiger charge is 2.07. The van der Waals surface area contributed by atoms with Crippen molar-refractivity contribution in [2.75, 3.05) is 12.4 Å². The molecule has 2 aromatic rings. The van der Waals surface area contributed by atoms with E-state index in [1.165, 1.54) is 6.08 Å². The summed E-state index contributed by atoms with van der Waals surface area (Å²) in [5.74, 6) is 0.563. The minimum atomic E-state index is -0.218. The lowest BCUT2D eigenvalue weighted by molar-refractivity contribution is -0.111. The minimum Gasteiger partial charge on any atom is -0.497 e. The van der Waals surface area contributed by atoms with Crippen LogP contribution in [0.3, 0.4) is 0 Å². The van der Waals surface area contributed by atoms with Crippen molar-refractivity contribution < 1.29 is 9.53 Å². The highest BCUT2D eigenvalue weighted by atomic mass is 35.5. The molecular formula is C18H18ClNO2. The molecule has 22 heavy (non-hydrogen) atoms. The van der Waals surface area contributed by atoms with Crippen LogP contribution in [0.1, 0.15) is 16.7 Å². The molecule has 0 aliphatic rings. The van der Waals surface area contributed by atoms with Crippen LogP contribution < -0.4 is 10.1 Å². The summed E-state index contributed by atoms with van der Waals surface area (Å²) in [5, 5.41) is 3.36. The van der Waals surface area contributed by atoms with E-state index >= 15 is 0 Å². The molecule has 0 atom stereocenters. The molecule has 0 spiro atoms. The number of carbonyl (C=O) groups excluding carboxylic acids is 1. The van der Waals surface area contributed by atoms with Gasteiger partial charge in [0.1, 0.15) is 5.75 Å². The smallest absolute Gasteiger partial charge is 0.248 e. The van der Waals surface area contributed by atoms with Crippen molar-refractivity contribution in [2.45, 2.75) is 13.8 Å². The molecule has 2 aromatic carbocycles. The molecule has 1 N–H and O–H groups in total. The number of amides is 1. The number of hydrogen-bond acceptors (Lipinski definition) is 2. The predicted octanol–water partition coefficient (Wildman–Crippen LogP) is 4.62. The SMILES string of the molecule is COc1ccc(/C=C\C(=O)Nc2c(C)cc(C)cc2Cl)cc1. The second-order valence-corrected chi connectivity index (χ2v) is 5.44. The second kappa shape index (κ2) is 7.14. The summed E-state index contributed by atoms with van der Waals surface area (Å²) in [4.78, 5) is 12.0. The van der Waals surface area contributed by atoms with Crippen molar-refractivity contribution in [3.8, 4) is 5.75 Å². The molecule has 1 amide bonds. The number of nitrogens with one attached hydrogen (secondary N) is 1. The molecule has 0 heterocycles. The Morgan fingerprint density at radius 1 is 1.18 bits per heavy atom. The van der Waals surface area contributed by atoms with Gasteiger partial charge in [-0.25, -0.2) is 0 Å². The maximum atomic E-state index is 12.0. The van der Waals surface area contributed by atoms with Gasteiger partial charge in [-0.3, -0.25) is 4.79 Å². The zero-order valence-electron chi connectivity index (χ0n) is 12.8. The van der Waals surface area contributed by atoms with Crippen LogP contribution in [0.5, 0.6) is 5.75 Å². The van der Waals surface area contributed by atoms with Crippen LogP contribution >= 0.6 is 11.6 Å². The third-order valence-electron chi connectivity index (χ3n) is 3.22. The Hall–Kier alpha value is -2.26. The molecule has 0 saturated heterocycles. The summed E-state index contributed by atoms with van der Waals surface area (Å²) in [6.07, 6.45) is 3.23. The van der Waals surface area contributed by atoms with Gasteiger partial charge in [-0.1, -0.05) is 29.8 Å². The largest absolute Gasteiger partial charge is 0.497 e. The summed E-state index contributed by atoms with van der Waals surface area (Å²) < 4.78 is 5.09. The zero-order chi connectivity index (χ0) is 16.1. The van der Waals surface area contributed by atoms with Crippen molar-refractivity contribution >= 4 is 29.3 Å². The molecule has 0 aliphatic carbocycles. The molecule has 0 unspecified atom stereocenters. The van der Waals surface area contributed by atoms with Crippen molar-refractivity contribution in [1.82, 2.24) is 0 Å². The molecule has 0 radical (unpaired) electrons. The minimum absolute atomic E-state index is 0.218. The van der Waals surface area contributed by atoms with Crippen molar-refractivity contribution in [3.63, 3.8) is 0 Å². The number of benzene rings is 2. The van der Waals surface area contributed by atoms with Gasteiger partial charge in [0, 0.05) is 6.08 Å². The first-order valence-corrected chi connectivity index (χ1v) is 7.27. The first kappa shape index (κ1) is 16.1. The molecule has 0 aliphatic heterocycles. The van der Waals surface area contributed by atoms with Crippen LogP contribution in [0, 0.1) is 13.8 Å². The number of rotatable bonds is 4. The van der Waals surface area contributed by atoms with E-state index in [1.807, 2.05) is 50.2 Å². The van der Waals surface area contributed by atoms with Gasteiger partial charge in [-0.15, -0.1) is 0 Å². The number of carbonyl (C=O) groups is 1. The molecular weight excluding hydrogens is 298 g/mol. The first-order valence-electron chi connectivity index (χ1n) is 6.89. The van der Waals surface area contributed by atoms with Crippen LogP contribution in [-0.2, 0) is 4.79 Å². The van der Waals surface area contributed by atoms with Crippen LogP contribution in [0.25, 0.3) is 6.08 Å². The number of hydrogen-bond donors (Lipinski definition) is 1. The molecule has 0 fully saturated rings. The molecule has 0 saturated carbocycles. The quantitative estimate of drug-likeness (QED) is 0.836. The van der Waals surface area contributed by atoms with Gasteiger partial charge in [0.2, 0.25) is 5.91 Å². The fourth-order valence-electron chi connectivity index (χ4n) is 2.13. The van der Waals surface area contributed by atoms with Crippen LogP contribution in [0.15, 0.2) is 42.5 Å². The fourth-order valence-corrected chi connectivity index (χ4v) is 2.49. The van der Waals surface area contributed by atoms with E-state index in [9.17, 15) is 4.79 Å². The Morgan fingerprint density at radius 3 is 2.45 bits per heavy atom. The van der Waals surface area contributed by atoms with Gasteiger partial charge in [-0.2, -0.15) is 0 Å². The predicted molar refractivity (Wildman–Crippen MR) is 91.6 cm³/mol. The Kier molecular flexibility index (Phi) is 5.23. The molecule has 0 aromatic heterocycles. The van der Waals surface area contributed by atoms with Gasteiger partial charge >= 0.3 is 0 Å². The van der Waals surface area contributed by atoms with E-state index in [0.29, 0.717) is 10.7 Å². The molecule has 4 heteroatoms. The Morgan fingerprint density at radius 2 is 1.86 bits per heavy atom. The highest BCUT2D eigenvalue weighted by molar-refractivity contribution is 6.34. The van der Waals surface area contributed by atoms with E-state index in [-0.39, 0.29) is 5.91 Å². The zero-order valence-corrected chi connectivity index (χ0v) is 13.6. The third-order valence-corrected chi connectivity index (χ3v) is 3.52. The molecule has 2 rings (SSSR count). The van der Waals surface area contributed by atoms with E-state index in [0.717, 1.165) is 22.4 Å². The van der Waals surface area contributed by atoms with Crippen molar-refractivity contribution in [3.05, 3.63) is 64.2 Å². The standard InChI is InChI=1S/C18H18ClNO2/c1-12-10-13(2)18(16(19)11-12)20-17(21)9-6-14-4-7-15(22-3)8-5-14/h4-11H,1-3H3,(H,20,21)/b9-6-. The topological polar surface area (TPSA) is 38.3 Å². The Labute approximate surface area is 135 Å². The number of aryl methyl sites for hydroxylation is 2. The average Bonchev–Trinajstić information content (AvgIpc) is 2.49. The lowest BCUT2D eigenvalue weighted by Gasteiger charge is -2.10. The van der Waals surface area contributed by atoms with E-state index in [2.05, 4.69) is 5.32 Å². The lowest BCUT2D eigenvalue weighted by Crippen LogP contribution is -2.09. The summed E-state index contributed by atoms with van der Waals surface area (Å²) in [6.45, 7) is 3.88. The van der Waals surface area contributed by atoms with Crippen molar-refractivity contribution in [1.29, 1.82) is 0 Å². The number of halogens is 1. The summed E-state index contributed by atoms with van der Waals surface area (Å²) >= 11 is 6.18. The Bertz CT molecular complexity index is 683. The van der Waals surface area contributed by atoms with Gasteiger partial charge in [0.05, 0.1) is 17.8 Å². The Balaban J connectivity index is 2.08. The molecule has 0 bridgehead atoms. The summed E-state index contributed by atoms with van der Waals surface area (Å²) in [7, 11) is 1.62. The first-order chi connectivity index (χ1) is 10.5. The van der Waals surface area contributed by atoms with Crippen LogP contribution in [0.2, 0.25) is 5.02 Å². The van der Waals surface area contributed by atoms with E-state index in [1.54, 1.807) is 13.2 Å². The third kappa shape index (κ3) is 4.12. The van der Waals surface area contributed by atoms with E-state index < -0.39 is 0 Å². The van der Waals surface area contributed by atoms with Gasteiger partial charge in [0.15, 0.2) is 0 Å². The fraction of sp³-hybridized carbons (Fsp3) is 0.167. The van der Waals surface area contributed by atoms with Gasteiger partial charge in [0.25, 0.3) is 0 Å². The highest BCUT2D eigenvalue weighted by Crippen LogP contribution is 2.27. The number of ether oxygens (including phenoxy) is 1. The number of methoxy groups -OCH3 is 1. The second-order valence-electron chi connectivity index (χ2n) is 5.03.